The van der Waals surface area contributed by atoms with Gasteiger partial charge in [-0.3, -0.25) is 4.79 Å². The van der Waals surface area contributed by atoms with Gasteiger partial charge < -0.3 is 14.4 Å². The molecule has 1 aromatic carbocycles. The number of aryl methyl sites for hydroxylation is 1. The number of ether oxygens (including phenoxy) is 2. The molecule has 0 aliphatic carbocycles. The van der Waals surface area contributed by atoms with Crippen LogP contribution in [-0.4, -0.2) is 42.9 Å². The van der Waals surface area contributed by atoms with Crippen LogP contribution in [0.1, 0.15) is 44.1 Å². The van der Waals surface area contributed by atoms with Gasteiger partial charge in [0.1, 0.15) is 0 Å². The summed E-state index contributed by atoms with van der Waals surface area (Å²) in [6, 6.07) is 10.9. The Morgan fingerprint density at radius 1 is 1.09 bits per heavy atom. The Hall–Kier alpha value is -1.39. The second-order valence-electron chi connectivity index (χ2n) is 6.49. The summed E-state index contributed by atoms with van der Waals surface area (Å²) < 4.78 is 11.1. The van der Waals surface area contributed by atoms with E-state index in [9.17, 15) is 4.79 Å². The SMILES string of the molecule is O=C(CC1OCCCO1)N1CCCCC1CCc1ccccc1. The highest BCUT2D eigenvalue weighted by Gasteiger charge is 2.29. The van der Waals surface area contributed by atoms with Crippen LogP contribution in [0.3, 0.4) is 0 Å². The Kier molecular flexibility index (Phi) is 6.06. The van der Waals surface area contributed by atoms with E-state index in [1.54, 1.807) is 0 Å². The molecular formula is C19H27NO3. The van der Waals surface area contributed by atoms with Gasteiger partial charge in [-0.25, -0.2) is 0 Å². The normalized spacial score (nSPS) is 23.0. The molecule has 1 atom stereocenters. The highest BCUT2D eigenvalue weighted by molar-refractivity contribution is 5.77. The Labute approximate surface area is 138 Å². The summed E-state index contributed by atoms with van der Waals surface area (Å²) in [7, 11) is 0. The molecule has 1 amide bonds. The molecule has 2 aliphatic heterocycles. The fourth-order valence-electron chi connectivity index (χ4n) is 3.52. The monoisotopic (exact) mass is 317 g/mol. The average Bonchev–Trinajstić information content (AvgIpc) is 2.62. The maximum atomic E-state index is 12.7. The molecule has 4 heteroatoms. The first kappa shape index (κ1) is 16.5. The molecule has 0 spiro atoms. The third kappa shape index (κ3) is 4.79. The summed E-state index contributed by atoms with van der Waals surface area (Å²) in [6.45, 7) is 2.29. The third-order valence-corrected chi connectivity index (χ3v) is 4.79. The van der Waals surface area contributed by atoms with Crippen molar-refractivity contribution in [1.82, 2.24) is 4.90 Å². The van der Waals surface area contributed by atoms with Gasteiger partial charge >= 0.3 is 0 Å². The first-order valence-corrected chi connectivity index (χ1v) is 8.89. The predicted molar refractivity (Wildman–Crippen MR) is 89.0 cm³/mol. The quantitative estimate of drug-likeness (QED) is 0.837. The van der Waals surface area contributed by atoms with Crippen molar-refractivity contribution in [2.75, 3.05) is 19.8 Å². The predicted octanol–water partition coefficient (Wildman–Crippen LogP) is 3.15. The van der Waals surface area contributed by atoms with Crippen LogP contribution in [0.15, 0.2) is 30.3 Å². The van der Waals surface area contributed by atoms with Crippen molar-refractivity contribution in [3.63, 3.8) is 0 Å². The van der Waals surface area contributed by atoms with Gasteiger partial charge in [-0.2, -0.15) is 0 Å². The molecule has 1 unspecified atom stereocenters. The molecule has 0 N–H and O–H groups in total. The molecule has 2 heterocycles. The summed E-state index contributed by atoms with van der Waals surface area (Å²) in [5, 5.41) is 0. The number of likely N-dealkylation sites (tertiary alicyclic amines) is 1. The smallest absolute Gasteiger partial charge is 0.227 e. The molecule has 2 aliphatic rings. The van der Waals surface area contributed by atoms with Gasteiger partial charge in [0.25, 0.3) is 0 Å². The van der Waals surface area contributed by atoms with Crippen molar-refractivity contribution in [2.24, 2.45) is 0 Å². The molecule has 3 rings (SSSR count). The molecule has 23 heavy (non-hydrogen) atoms. The molecule has 1 aromatic rings. The van der Waals surface area contributed by atoms with E-state index < -0.39 is 0 Å². The maximum absolute atomic E-state index is 12.7. The zero-order chi connectivity index (χ0) is 15.9. The molecule has 0 saturated carbocycles. The van der Waals surface area contributed by atoms with Crippen molar-refractivity contribution in [3.8, 4) is 0 Å². The summed E-state index contributed by atoms with van der Waals surface area (Å²) in [6.07, 6.45) is 6.47. The van der Waals surface area contributed by atoms with Crippen LogP contribution in [0.25, 0.3) is 0 Å². The van der Waals surface area contributed by atoms with Gasteiger partial charge in [0.15, 0.2) is 6.29 Å². The summed E-state index contributed by atoms with van der Waals surface area (Å²) in [5.74, 6) is 0.190. The van der Waals surface area contributed by atoms with E-state index in [4.69, 9.17) is 9.47 Å². The minimum Gasteiger partial charge on any atom is -0.352 e. The first-order valence-electron chi connectivity index (χ1n) is 8.89. The number of benzene rings is 1. The molecule has 0 bridgehead atoms. The van der Waals surface area contributed by atoms with Crippen LogP contribution in [0.4, 0.5) is 0 Å². The van der Waals surface area contributed by atoms with E-state index in [1.165, 1.54) is 12.0 Å². The number of hydrogen-bond donors (Lipinski definition) is 0. The van der Waals surface area contributed by atoms with E-state index in [-0.39, 0.29) is 12.2 Å². The highest BCUT2D eigenvalue weighted by Crippen LogP contribution is 2.23. The number of nitrogens with zero attached hydrogens (tertiary/aromatic N) is 1. The maximum Gasteiger partial charge on any atom is 0.227 e. The van der Waals surface area contributed by atoms with Crippen molar-refractivity contribution in [1.29, 1.82) is 0 Å². The molecule has 126 valence electrons. The summed E-state index contributed by atoms with van der Waals surface area (Å²) in [5.41, 5.74) is 1.35. The van der Waals surface area contributed by atoms with Gasteiger partial charge in [0, 0.05) is 12.6 Å². The first-order chi connectivity index (χ1) is 11.3. The number of hydrogen-bond acceptors (Lipinski definition) is 3. The summed E-state index contributed by atoms with van der Waals surface area (Å²) >= 11 is 0. The molecule has 0 radical (unpaired) electrons. The molecule has 4 nitrogen and oxygen atoms in total. The zero-order valence-electron chi connectivity index (χ0n) is 13.8. The van der Waals surface area contributed by atoms with E-state index in [1.807, 2.05) is 6.07 Å². The topological polar surface area (TPSA) is 38.8 Å². The molecule has 0 aromatic heterocycles. The second kappa shape index (κ2) is 8.46. The van der Waals surface area contributed by atoms with E-state index in [2.05, 4.69) is 29.2 Å². The fraction of sp³-hybridized carbons (Fsp3) is 0.632. The molecule has 2 fully saturated rings. The lowest BCUT2D eigenvalue weighted by molar-refractivity contribution is -0.188. The molecule has 2 saturated heterocycles. The number of carbonyl (C=O) groups is 1. The van der Waals surface area contributed by atoms with Crippen molar-refractivity contribution in [3.05, 3.63) is 35.9 Å². The van der Waals surface area contributed by atoms with Crippen LogP contribution < -0.4 is 0 Å². The van der Waals surface area contributed by atoms with Crippen molar-refractivity contribution >= 4 is 5.91 Å². The van der Waals surface area contributed by atoms with Crippen molar-refractivity contribution < 1.29 is 14.3 Å². The van der Waals surface area contributed by atoms with Crippen LogP contribution in [0, 0.1) is 0 Å². The standard InChI is InChI=1S/C19H27NO3/c21-18(15-19-22-13-6-14-23-19)20-12-5-4-9-17(20)11-10-16-7-2-1-3-8-16/h1-3,7-8,17,19H,4-6,9-15H2. The lowest BCUT2D eigenvalue weighted by atomic mass is 9.95. The second-order valence-corrected chi connectivity index (χ2v) is 6.49. The largest absolute Gasteiger partial charge is 0.352 e. The van der Waals surface area contributed by atoms with Crippen molar-refractivity contribution in [2.45, 2.75) is 57.3 Å². The van der Waals surface area contributed by atoms with Gasteiger partial charge in [-0.05, 0) is 44.1 Å². The van der Waals surface area contributed by atoms with Gasteiger partial charge in [-0.15, -0.1) is 0 Å². The van der Waals surface area contributed by atoms with E-state index >= 15 is 0 Å². The Morgan fingerprint density at radius 2 is 1.87 bits per heavy atom. The van der Waals surface area contributed by atoms with Crippen LogP contribution >= 0.6 is 0 Å². The lowest BCUT2D eigenvalue weighted by Crippen LogP contribution is -2.45. The van der Waals surface area contributed by atoms with E-state index in [0.29, 0.717) is 25.7 Å². The lowest BCUT2D eigenvalue weighted by Gasteiger charge is -2.37. The van der Waals surface area contributed by atoms with Gasteiger partial charge in [0.2, 0.25) is 5.91 Å². The number of carbonyl (C=O) groups excluding carboxylic acids is 1. The Balaban J connectivity index is 1.53. The highest BCUT2D eigenvalue weighted by atomic mass is 16.7. The van der Waals surface area contributed by atoms with Gasteiger partial charge in [0.05, 0.1) is 19.6 Å². The Bertz CT molecular complexity index is 485. The van der Waals surface area contributed by atoms with Gasteiger partial charge in [-0.1, -0.05) is 30.3 Å². The van der Waals surface area contributed by atoms with E-state index in [0.717, 1.165) is 38.6 Å². The number of amides is 1. The number of rotatable bonds is 5. The number of piperidine rings is 1. The van der Waals surface area contributed by atoms with Crippen LogP contribution in [-0.2, 0) is 20.7 Å². The average molecular weight is 317 g/mol. The summed E-state index contributed by atoms with van der Waals surface area (Å²) in [4.78, 5) is 14.7. The zero-order valence-corrected chi connectivity index (χ0v) is 13.8. The molecular weight excluding hydrogens is 290 g/mol. The fourth-order valence-corrected chi connectivity index (χ4v) is 3.52. The van der Waals surface area contributed by atoms with Crippen LogP contribution in [0.2, 0.25) is 0 Å². The Morgan fingerprint density at radius 3 is 2.65 bits per heavy atom. The minimum absolute atomic E-state index is 0.190. The van der Waals surface area contributed by atoms with Crippen LogP contribution in [0.5, 0.6) is 0 Å². The minimum atomic E-state index is -0.340. The third-order valence-electron chi connectivity index (χ3n) is 4.79.